The van der Waals surface area contributed by atoms with Gasteiger partial charge < -0.3 is 9.88 Å². The van der Waals surface area contributed by atoms with Crippen molar-refractivity contribution in [2.75, 3.05) is 11.1 Å². The van der Waals surface area contributed by atoms with Crippen molar-refractivity contribution in [1.29, 1.82) is 0 Å². The van der Waals surface area contributed by atoms with Crippen molar-refractivity contribution in [3.05, 3.63) is 63.4 Å². The Kier molecular flexibility index (Phi) is 7.07. The molecule has 0 aliphatic carbocycles. The molecule has 164 valence electrons. The van der Waals surface area contributed by atoms with Crippen LogP contribution in [0.5, 0.6) is 0 Å². The summed E-state index contributed by atoms with van der Waals surface area (Å²) < 4.78 is 3.03. The van der Waals surface area contributed by atoms with Gasteiger partial charge in [0.2, 0.25) is 5.91 Å². The van der Waals surface area contributed by atoms with Crippen molar-refractivity contribution in [3.8, 4) is 22.6 Å². The monoisotopic (exact) mass is 527 g/mol. The Balaban J connectivity index is 1.40. The first-order valence-corrected chi connectivity index (χ1v) is 12.8. The molecule has 0 spiro atoms. The number of halogens is 1. The van der Waals surface area contributed by atoms with Crippen LogP contribution >= 0.6 is 39.0 Å². The predicted molar refractivity (Wildman–Crippen MR) is 135 cm³/mol. The number of thioether (sulfide) groups is 1. The topological polar surface area (TPSA) is 72.7 Å². The second kappa shape index (κ2) is 9.97. The zero-order valence-electron chi connectivity index (χ0n) is 17.9. The summed E-state index contributed by atoms with van der Waals surface area (Å²) >= 11 is 6.25. The lowest BCUT2D eigenvalue weighted by Gasteiger charge is -2.07. The molecule has 2 heterocycles. The molecule has 6 nitrogen and oxygen atoms in total. The number of rotatable bonds is 7. The third-order valence-electron chi connectivity index (χ3n) is 5.02. The van der Waals surface area contributed by atoms with Crippen LogP contribution in [0.4, 0.5) is 5.13 Å². The Morgan fingerprint density at radius 2 is 1.84 bits per heavy atom. The first-order chi connectivity index (χ1) is 15.4. The summed E-state index contributed by atoms with van der Waals surface area (Å²) in [7, 11) is 0. The molecule has 2 aromatic heterocycles. The molecule has 4 rings (SSSR count). The number of thiazole rings is 1. The van der Waals surface area contributed by atoms with E-state index in [1.54, 1.807) is 0 Å². The fourth-order valence-corrected chi connectivity index (χ4v) is 4.95. The highest BCUT2D eigenvalue weighted by Crippen LogP contribution is 2.28. The van der Waals surface area contributed by atoms with E-state index in [-0.39, 0.29) is 11.7 Å². The van der Waals surface area contributed by atoms with Crippen molar-refractivity contribution < 1.29 is 4.79 Å². The molecule has 1 N–H and O–H groups in total. The molecule has 1 amide bonds. The number of anilines is 1. The maximum atomic E-state index is 12.5. The molecule has 0 fully saturated rings. The van der Waals surface area contributed by atoms with Gasteiger partial charge in [-0.3, -0.25) is 4.79 Å². The van der Waals surface area contributed by atoms with Crippen LogP contribution in [0.2, 0.25) is 0 Å². The van der Waals surface area contributed by atoms with Crippen LogP contribution in [-0.4, -0.2) is 31.4 Å². The quantitative estimate of drug-likeness (QED) is 0.289. The maximum absolute atomic E-state index is 12.5. The zero-order valence-corrected chi connectivity index (χ0v) is 21.1. The van der Waals surface area contributed by atoms with Gasteiger partial charge in [0.25, 0.3) is 0 Å². The van der Waals surface area contributed by atoms with Gasteiger partial charge in [-0.25, -0.2) is 4.98 Å². The molecule has 0 saturated heterocycles. The van der Waals surface area contributed by atoms with Crippen molar-refractivity contribution in [2.45, 2.75) is 32.5 Å². The lowest BCUT2D eigenvalue weighted by molar-refractivity contribution is -0.113. The SMILES string of the molecule is CCn1c(SCC(=O)Nc2nc(-c3ccc(C)c(C)c3)cs2)nnc1-c1ccc(Br)cc1. The molecule has 0 bridgehead atoms. The van der Waals surface area contributed by atoms with Gasteiger partial charge in [-0.15, -0.1) is 21.5 Å². The van der Waals surface area contributed by atoms with E-state index in [4.69, 9.17) is 0 Å². The van der Waals surface area contributed by atoms with E-state index in [2.05, 4.69) is 68.5 Å². The van der Waals surface area contributed by atoms with E-state index in [1.807, 2.05) is 41.1 Å². The normalized spacial score (nSPS) is 11.0. The minimum atomic E-state index is -0.119. The van der Waals surface area contributed by atoms with Gasteiger partial charge in [-0.2, -0.15) is 0 Å². The van der Waals surface area contributed by atoms with Crippen molar-refractivity contribution in [2.24, 2.45) is 0 Å². The van der Waals surface area contributed by atoms with Crippen molar-refractivity contribution in [3.63, 3.8) is 0 Å². The van der Waals surface area contributed by atoms with Gasteiger partial charge >= 0.3 is 0 Å². The number of hydrogen-bond acceptors (Lipinski definition) is 6. The summed E-state index contributed by atoms with van der Waals surface area (Å²) in [5.41, 5.74) is 5.37. The highest BCUT2D eigenvalue weighted by Gasteiger charge is 2.15. The molecule has 0 radical (unpaired) electrons. The third kappa shape index (κ3) is 5.11. The maximum Gasteiger partial charge on any atom is 0.236 e. The Bertz CT molecular complexity index is 1250. The summed E-state index contributed by atoms with van der Waals surface area (Å²) in [5, 5.41) is 14.8. The Morgan fingerprint density at radius 3 is 2.56 bits per heavy atom. The van der Waals surface area contributed by atoms with E-state index in [0.717, 1.165) is 32.3 Å². The van der Waals surface area contributed by atoms with Crippen LogP contribution in [0.3, 0.4) is 0 Å². The van der Waals surface area contributed by atoms with E-state index in [9.17, 15) is 4.79 Å². The minimum Gasteiger partial charge on any atom is -0.302 e. The fraction of sp³-hybridized carbons (Fsp3) is 0.217. The second-order valence-corrected chi connectivity index (χ2v) is 9.95. The van der Waals surface area contributed by atoms with Crippen molar-refractivity contribution >= 4 is 50.1 Å². The summed E-state index contributed by atoms with van der Waals surface area (Å²) in [6.45, 7) is 6.93. The van der Waals surface area contributed by atoms with Gasteiger partial charge in [-0.05, 0) is 50.1 Å². The van der Waals surface area contributed by atoms with E-state index < -0.39 is 0 Å². The van der Waals surface area contributed by atoms with Crippen LogP contribution in [0.25, 0.3) is 22.6 Å². The molecule has 4 aromatic rings. The van der Waals surface area contributed by atoms with Gasteiger partial charge in [0, 0.05) is 27.5 Å². The number of carbonyl (C=O) groups is 1. The smallest absolute Gasteiger partial charge is 0.236 e. The van der Waals surface area contributed by atoms with Gasteiger partial charge in [0.05, 0.1) is 11.4 Å². The van der Waals surface area contributed by atoms with Crippen LogP contribution in [0, 0.1) is 13.8 Å². The second-order valence-electron chi connectivity index (χ2n) is 7.23. The van der Waals surface area contributed by atoms with Crippen LogP contribution in [-0.2, 0) is 11.3 Å². The summed E-state index contributed by atoms with van der Waals surface area (Å²) in [4.78, 5) is 17.1. The molecule has 9 heteroatoms. The first kappa shape index (κ1) is 22.7. The standard InChI is InChI=1S/C23H22BrN5OS2/c1-4-29-21(16-7-9-18(24)10-8-16)27-28-23(29)32-13-20(30)26-22-25-19(12-31-22)17-6-5-14(2)15(3)11-17/h5-12H,4,13H2,1-3H3,(H,25,26,30). The van der Waals surface area contributed by atoms with Crippen LogP contribution in [0.15, 0.2) is 57.5 Å². The highest BCUT2D eigenvalue weighted by atomic mass is 79.9. The largest absolute Gasteiger partial charge is 0.302 e. The summed E-state index contributed by atoms with van der Waals surface area (Å²) in [6, 6.07) is 14.2. The number of carbonyl (C=O) groups excluding carboxylic acids is 1. The van der Waals surface area contributed by atoms with E-state index >= 15 is 0 Å². The number of aromatic nitrogens is 4. The molecular weight excluding hydrogens is 506 g/mol. The third-order valence-corrected chi connectivity index (χ3v) is 7.27. The summed E-state index contributed by atoms with van der Waals surface area (Å²) in [6.07, 6.45) is 0. The predicted octanol–water partition coefficient (Wildman–Crippen LogP) is 6.20. The Labute approximate surface area is 203 Å². The molecule has 32 heavy (non-hydrogen) atoms. The zero-order chi connectivity index (χ0) is 22.7. The van der Waals surface area contributed by atoms with Gasteiger partial charge in [0.15, 0.2) is 16.1 Å². The lowest BCUT2D eigenvalue weighted by Crippen LogP contribution is -2.14. The molecule has 0 aliphatic rings. The first-order valence-electron chi connectivity index (χ1n) is 10.1. The Hall–Kier alpha value is -2.49. The molecule has 0 unspecified atom stereocenters. The number of nitrogens with one attached hydrogen (secondary N) is 1. The number of benzene rings is 2. The fourth-order valence-electron chi connectivity index (χ4n) is 3.14. The minimum absolute atomic E-state index is 0.119. The molecule has 0 atom stereocenters. The van der Waals surface area contributed by atoms with E-state index in [0.29, 0.717) is 11.7 Å². The number of amides is 1. The van der Waals surface area contributed by atoms with E-state index in [1.165, 1.54) is 34.2 Å². The average molecular weight is 529 g/mol. The van der Waals surface area contributed by atoms with Crippen LogP contribution in [0.1, 0.15) is 18.1 Å². The molecule has 0 aliphatic heterocycles. The number of aryl methyl sites for hydroxylation is 2. The average Bonchev–Trinajstić information content (AvgIpc) is 3.41. The van der Waals surface area contributed by atoms with Gasteiger partial charge in [-0.1, -0.05) is 52.0 Å². The lowest BCUT2D eigenvalue weighted by atomic mass is 10.1. The van der Waals surface area contributed by atoms with Gasteiger partial charge in [0.1, 0.15) is 0 Å². The molecular formula is C23H22BrN5OS2. The van der Waals surface area contributed by atoms with Crippen molar-refractivity contribution in [1.82, 2.24) is 19.7 Å². The number of nitrogens with zero attached hydrogens (tertiary/aromatic N) is 4. The number of hydrogen-bond donors (Lipinski definition) is 1. The molecule has 0 saturated carbocycles. The summed E-state index contributed by atoms with van der Waals surface area (Å²) in [5.74, 6) is 0.907. The Morgan fingerprint density at radius 1 is 1.09 bits per heavy atom. The van der Waals surface area contributed by atoms with Crippen LogP contribution < -0.4 is 5.32 Å². The molecule has 2 aromatic carbocycles. The highest BCUT2D eigenvalue weighted by molar-refractivity contribution is 9.10.